The highest BCUT2D eigenvalue weighted by Gasteiger charge is 2.43. The van der Waals surface area contributed by atoms with Gasteiger partial charge in [-0.1, -0.05) is 6.08 Å². The first-order chi connectivity index (χ1) is 7.20. The summed E-state index contributed by atoms with van der Waals surface area (Å²) >= 11 is 0. The Labute approximate surface area is 101 Å². The van der Waals surface area contributed by atoms with Crippen molar-refractivity contribution in [3.8, 4) is 0 Å². The van der Waals surface area contributed by atoms with Gasteiger partial charge in [0.25, 0.3) is 0 Å². The van der Waals surface area contributed by atoms with Gasteiger partial charge in [-0.15, -0.1) is 6.58 Å². The molecule has 1 aliphatic rings. The Hall–Kier alpha value is -0.340. The van der Waals surface area contributed by atoms with E-state index >= 15 is 0 Å². The van der Waals surface area contributed by atoms with E-state index in [1.807, 2.05) is 6.08 Å². The smallest absolute Gasteiger partial charge is 0.0170 e. The van der Waals surface area contributed by atoms with Gasteiger partial charge >= 0.3 is 0 Å². The van der Waals surface area contributed by atoms with Crippen LogP contribution in [-0.4, -0.2) is 47.6 Å². The summed E-state index contributed by atoms with van der Waals surface area (Å²) in [5.41, 5.74) is 0.559. The molecule has 0 amide bonds. The van der Waals surface area contributed by atoms with Crippen molar-refractivity contribution in [1.82, 2.24) is 9.80 Å². The number of hydrogen-bond donors (Lipinski definition) is 0. The minimum Gasteiger partial charge on any atom is -0.300 e. The lowest BCUT2D eigenvalue weighted by molar-refractivity contribution is -0.0404. The van der Waals surface area contributed by atoms with Gasteiger partial charge in [0.05, 0.1) is 0 Å². The van der Waals surface area contributed by atoms with Gasteiger partial charge in [0, 0.05) is 23.7 Å². The molecule has 1 heterocycles. The third-order valence-electron chi connectivity index (χ3n) is 4.33. The lowest BCUT2D eigenvalue weighted by Gasteiger charge is -2.55. The van der Waals surface area contributed by atoms with Crippen molar-refractivity contribution in [1.29, 1.82) is 0 Å². The van der Waals surface area contributed by atoms with Gasteiger partial charge in [-0.3, -0.25) is 9.80 Å². The third-order valence-corrected chi connectivity index (χ3v) is 4.33. The molecule has 0 bridgehead atoms. The average molecular weight is 224 g/mol. The highest BCUT2D eigenvalue weighted by molar-refractivity contribution is 5.01. The Morgan fingerprint density at radius 3 is 2.06 bits per heavy atom. The molecule has 94 valence electrons. The van der Waals surface area contributed by atoms with Gasteiger partial charge in [0.1, 0.15) is 0 Å². The SMILES string of the molecule is C=CCN(C)C1CC(C)(C)N(C)C(C)(C)C1. The standard InChI is InChI=1S/C14H28N2/c1-8-9-15(6)12-10-13(2,3)16(7)14(4,5)11-12/h8,12H,1,9-11H2,2-7H3. The van der Waals surface area contributed by atoms with Crippen LogP contribution < -0.4 is 0 Å². The molecule has 0 atom stereocenters. The summed E-state index contributed by atoms with van der Waals surface area (Å²) in [6.07, 6.45) is 4.47. The topological polar surface area (TPSA) is 6.48 Å². The van der Waals surface area contributed by atoms with Crippen LogP contribution >= 0.6 is 0 Å². The van der Waals surface area contributed by atoms with Crippen LogP contribution in [0, 0.1) is 0 Å². The van der Waals surface area contributed by atoms with Crippen LogP contribution in [0.3, 0.4) is 0 Å². The Kier molecular flexibility index (Phi) is 3.86. The molecule has 0 aromatic carbocycles. The minimum absolute atomic E-state index is 0.280. The van der Waals surface area contributed by atoms with Crippen LogP contribution in [-0.2, 0) is 0 Å². The van der Waals surface area contributed by atoms with Crippen molar-refractivity contribution in [2.24, 2.45) is 0 Å². The molecule has 0 aromatic heterocycles. The zero-order valence-electron chi connectivity index (χ0n) is 11.9. The zero-order chi connectivity index (χ0) is 12.6. The molecule has 1 aliphatic heterocycles. The maximum Gasteiger partial charge on any atom is 0.0170 e. The molecule has 1 rings (SSSR count). The molecule has 2 heteroatoms. The lowest BCUT2D eigenvalue weighted by atomic mass is 9.77. The van der Waals surface area contributed by atoms with E-state index in [-0.39, 0.29) is 11.1 Å². The summed E-state index contributed by atoms with van der Waals surface area (Å²) in [5.74, 6) is 0. The molecule has 0 unspecified atom stereocenters. The van der Waals surface area contributed by atoms with Crippen LogP contribution in [0.2, 0.25) is 0 Å². The van der Waals surface area contributed by atoms with E-state index in [1.54, 1.807) is 0 Å². The van der Waals surface area contributed by atoms with E-state index in [0.29, 0.717) is 6.04 Å². The van der Waals surface area contributed by atoms with Gasteiger partial charge in [-0.25, -0.2) is 0 Å². The first kappa shape index (κ1) is 13.7. The van der Waals surface area contributed by atoms with E-state index in [1.165, 1.54) is 12.8 Å². The molecular formula is C14H28N2. The molecule has 0 spiro atoms. The second kappa shape index (κ2) is 4.50. The average Bonchev–Trinajstić information content (AvgIpc) is 2.13. The minimum atomic E-state index is 0.280. The summed E-state index contributed by atoms with van der Waals surface area (Å²) in [4.78, 5) is 4.96. The van der Waals surface area contributed by atoms with Crippen molar-refractivity contribution in [2.75, 3.05) is 20.6 Å². The van der Waals surface area contributed by atoms with Crippen molar-refractivity contribution in [3.63, 3.8) is 0 Å². The molecule has 1 fully saturated rings. The second-order valence-electron chi connectivity index (χ2n) is 6.47. The first-order valence-electron chi connectivity index (χ1n) is 6.26. The largest absolute Gasteiger partial charge is 0.300 e. The predicted molar refractivity (Wildman–Crippen MR) is 71.8 cm³/mol. The highest BCUT2D eigenvalue weighted by Crippen LogP contribution is 2.38. The first-order valence-corrected chi connectivity index (χ1v) is 6.26. The van der Waals surface area contributed by atoms with Crippen LogP contribution in [0.15, 0.2) is 12.7 Å². The summed E-state index contributed by atoms with van der Waals surface area (Å²) in [5, 5.41) is 0. The van der Waals surface area contributed by atoms with Gasteiger partial charge in [0.2, 0.25) is 0 Å². The monoisotopic (exact) mass is 224 g/mol. The fourth-order valence-electron chi connectivity index (χ4n) is 2.98. The third kappa shape index (κ3) is 2.67. The molecule has 0 aliphatic carbocycles. The maximum atomic E-state index is 3.83. The molecular weight excluding hydrogens is 196 g/mol. The van der Waals surface area contributed by atoms with E-state index in [9.17, 15) is 0 Å². The van der Waals surface area contributed by atoms with Crippen LogP contribution in [0.25, 0.3) is 0 Å². The number of hydrogen-bond acceptors (Lipinski definition) is 2. The maximum absolute atomic E-state index is 3.83. The fraction of sp³-hybridized carbons (Fsp3) is 0.857. The second-order valence-corrected chi connectivity index (χ2v) is 6.47. The fourth-order valence-corrected chi connectivity index (χ4v) is 2.98. The highest BCUT2D eigenvalue weighted by atomic mass is 15.3. The number of rotatable bonds is 3. The van der Waals surface area contributed by atoms with Gasteiger partial charge < -0.3 is 0 Å². The van der Waals surface area contributed by atoms with Gasteiger partial charge in [-0.2, -0.15) is 0 Å². The molecule has 2 nitrogen and oxygen atoms in total. The van der Waals surface area contributed by atoms with Crippen molar-refractivity contribution >= 4 is 0 Å². The number of nitrogens with zero attached hydrogens (tertiary/aromatic N) is 2. The molecule has 16 heavy (non-hydrogen) atoms. The quantitative estimate of drug-likeness (QED) is 0.680. The normalized spacial score (nSPS) is 25.9. The Morgan fingerprint density at radius 1 is 1.25 bits per heavy atom. The van der Waals surface area contributed by atoms with Crippen LogP contribution in [0.4, 0.5) is 0 Å². The summed E-state index contributed by atoms with van der Waals surface area (Å²) in [6, 6.07) is 0.666. The van der Waals surface area contributed by atoms with Crippen molar-refractivity contribution in [3.05, 3.63) is 12.7 Å². The van der Waals surface area contributed by atoms with Gasteiger partial charge in [0.15, 0.2) is 0 Å². The molecule has 0 saturated carbocycles. The Morgan fingerprint density at radius 2 is 1.69 bits per heavy atom. The van der Waals surface area contributed by atoms with Crippen LogP contribution in [0.5, 0.6) is 0 Å². The number of likely N-dealkylation sites (tertiary alicyclic amines) is 1. The number of likely N-dealkylation sites (N-methyl/N-ethyl adjacent to an activating group) is 1. The molecule has 0 radical (unpaired) electrons. The van der Waals surface area contributed by atoms with E-state index in [4.69, 9.17) is 0 Å². The van der Waals surface area contributed by atoms with Gasteiger partial charge in [-0.05, 0) is 54.6 Å². The predicted octanol–water partition coefficient (Wildman–Crippen LogP) is 2.76. The zero-order valence-corrected chi connectivity index (χ0v) is 11.9. The summed E-state index contributed by atoms with van der Waals surface area (Å²) < 4.78 is 0. The molecule has 0 N–H and O–H groups in total. The van der Waals surface area contributed by atoms with E-state index in [0.717, 1.165) is 6.54 Å². The van der Waals surface area contributed by atoms with E-state index in [2.05, 4.69) is 58.2 Å². The van der Waals surface area contributed by atoms with Crippen LogP contribution in [0.1, 0.15) is 40.5 Å². The van der Waals surface area contributed by atoms with E-state index < -0.39 is 0 Å². The van der Waals surface area contributed by atoms with Crippen molar-refractivity contribution < 1.29 is 0 Å². The summed E-state index contributed by atoms with van der Waals surface area (Å²) in [7, 11) is 4.47. The molecule has 1 saturated heterocycles. The number of piperidine rings is 1. The Balaban J connectivity index is 2.82. The molecule has 0 aromatic rings. The Bertz CT molecular complexity index is 237. The lowest BCUT2D eigenvalue weighted by Crippen LogP contribution is -2.62. The summed E-state index contributed by atoms with van der Waals surface area (Å²) in [6.45, 7) is 14.2. The van der Waals surface area contributed by atoms with Crippen molar-refractivity contribution in [2.45, 2.75) is 57.7 Å².